The van der Waals surface area contributed by atoms with E-state index in [1.807, 2.05) is 12.1 Å². The molecule has 1 saturated heterocycles. The van der Waals surface area contributed by atoms with Gasteiger partial charge in [0, 0.05) is 29.2 Å². The fourth-order valence-electron chi connectivity index (χ4n) is 4.14. The van der Waals surface area contributed by atoms with Gasteiger partial charge in [-0.15, -0.1) is 0 Å². The van der Waals surface area contributed by atoms with Gasteiger partial charge in [0.05, 0.1) is 5.56 Å². The fraction of sp³-hybridized carbons (Fsp3) is 0.350. The molecule has 1 amide bonds. The third-order valence-corrected chi connectivity index (χ3v) is 5.57. The number of piperidine rings is 1. The fourth-order valence-corrected chi connectivity index (χ4v) is 4.31. The van der Waals surface area contributed by atoms with Gasteiger partial charge in [0.25, 0.3) is 5.91 Å². The van der Waals surface area contributed by atoms with Crippen molar-refractivity contribution in [3.8, 4) is 0 Å². The molecular formula is C20H20ClFN2O. The van der Waals surface area contributed by atoms with Crippen LogP contribution in [0.4, 0.5) is 10.1 Å². The molecule has 0 bridgehead atoms. The molecule has 4 rings (SSSR count). The van der Waals surface area contributed by atoms with E-state index in [9.17, 15) is 9.18 Å². The van der Waals surface area contributed by atoms with Crippen molar-refractivity contribution in [1.82, 2.24) is 4.90 Å². The number of nitrogens with zero attached hydrogens (tertiary/aromatic N) is 2. The largest absolute Gasteiger partial charge is 0.306 e. The first-order valence-corrected chi connectivity index (χ1v) is 8.91. The summed E-state index contributed by atoms with van der Waals surface area (Å²) in [6, 6.07) is 10.4. The van der Waals surface area contributed by atoms with Crippen molar-refractivity contribution in [2.24, 2.45) is 0 Å². The van der Waals surface area contributed by atoms with Gasteiger partial charge in [-0.2, -0.15) is 0 Å². The van der Waals surface area contributed by atoms with Gasteiger partial charge in [-0.3, -0.25) is 4.79 Å². The Morgan fingerprint density at radius 3 is 2.84 bits per heavy atom. The second-order valence-corrected chi connectivity index (χ2v) is 7.52. The number of fused-ring (bicyclic) bond motifs is 3. The lowest BCUT2D eigenvalue weighted by molar-refractivity contribution is 0.0961. The molecule has 0 aromatic heterocycles. The van der Waals surface area contributed by atoms with Crippen LogP contribution >= 0.6 is 11.6 Å². The van der Waals surface area contributed by atoms with Crippen LogP contribution in [0.5, 0.6) is 0 Å². The molecular weight excluding hydrogens is 339 g/mol. The van der Waals surface area contributed by atoms with Crippen molar-refractivity contribution in [2.75, 3.05) is 25.0 Å². The molecule has 130 valence electrons. The van der Waals surface area contributed by atoms with Crippen LogP contribution in [0, 0.1) is 12.7 Å². The van der Waals surface area contributed by atoms with Gasteiger partial charge in [0.2, 0.25) is 0 Å². The molecule has 2 heterocycles. The van der Waals surface area contributed by atoms with Crippen LogP contribution < -0.4 is 4.90 Å². The quantitative estimate of drug-likeness (QED) is 0.761. The lowest BCUT2D eigenvalue weighted by atomic mass is 9.88. The van der Waals surface area contributed by atoms with E-state index in [1.54, 1.807) is 4.90 Å². The number of benzene rings is 2. The summed E-state index contributed by atoms with van der Waals surface area (Å²) in [6.45, 7) is 3.89. The number of anilines is 1. The minimum absolute atomic E-state index is 0.0404. The van der Waals surface area contributed by atoms with Gasteiger partial charge in [0.15, 0.2) is 0 Å². The number of halogens is 2. The van der Waals surface area contributed by atoms with Crippen LogP contribution in [0.25, 0.3) is 0 Å². The zero-order valence-electron chi connectivity index (χ0n) is 14.3. The molecule has 0 N–H and O–H groups in total. The van der Waals surface area contributed by atoms with Crippen molar-refractivity contribution >= 4 is 23.2 Å². The maximum atomic E-state index is 14.3. The Bertz CT molecular complexity index is 854. The number of carbonyl (C=O) groups excluding carboxylic acids is 1. The Labute approximate surface area is 152 Å². The van der Waals surface area contributed by atoms with Crippen molar-refractivity contribution in [3.05, 3.63) is 63.9 Å². The summed E-state index contributed by atoms with van der Waals surface area (Å²) in [6.07, 6.45) is 0.878. The first kappa shape index (κ1) is 16.6. The van der Waals surface area contributed by atoms with Crippen LogP contribution in [0.2, 0.25) is 5.02 Å². The smallest absolute Gasteiger partial charge is 0.261 e. The predicted octanol–water partition coefficient (Wildman–Crippen LogP) is 4.24. The zero-order chi connectivity index (χ0) is 17.7. The van der Waals surface area contributed by atoms with E-state index in [1.165, 1.54) is 29.3 Å². The van der Waals surface area contributed by atoms with Crippen molar-refractivity contribution in [2.45, 2.75) is 25.3 Å². The van der Waals surface area contributed by atoms with Crippen molar-refractivity contribution < 1.29 is 9.18 Å². The number of hydrogen-bond donors (Lipinski definition) is 0. The van der Waals surface area contributed by atoms with Gasteiger partial charge in [0.1, 0.15) is 5.82 Å². The molecule has 2 aliphatic rings. The van der Waals surface area contributed by atoms with Gasteiger partial charge in [-0.25, -0.2) is 4.39 Å². The molecule has 2 atom stereocenters. The van der Waals surface area contributed by atoms with E-state index >= 15 is 0 Å². The monoisotopic (exact) mass is 358 g/mol. The van der Waals surface area contributed by atoms with E-state index in [-0.39, 0.29) is 23.4 Å². The van der Waals surface area contributed by atoms with Crippen LogP contribution in [-0.2, 0) is 0 Å². The van der Waals surface area contributed by atoms with Crippen molar-refractivity contribution in [3.63, 3.8) is 0 Å². The number of aryl methyl sites for hydroxylation is 1. The Kier molecular flexibility index (Phi) is 4.05. The van der Waals surface area contributed by atoms with Crippen LogP contribution in [0.3, 0.4) is 0 Å². The predicted molar refractivity (Wildman–Crippen MR) is 98.0 cm³/mol. The second kappa shape index (κ2) is 6.11. The van der Waals surface area contributed by atoms with Crippen LogP contribution in [-0.4, -0.2) is 37.0 Å². The van der Waals surface area contributed by atoms with E-state index in [0.29, 0.717) is 5.02 Å². The topological polar surface area (TPSA) is 23.6 Å². The highest BCUT2D eigenvalue weighted by Gasteiger charge is 2.44. The summed E-state index contributed by atoms with van der Waals surface area (Å²) in [4.78, 5) is 17.3. The molecule has 0 unspecified atom stereocenters. The molecule has 0 spiro atoms. The number of likely N-dealkylation sites (tertiary alicyclic amines) is 1. The molecule has 2 aromatic rings. The highest BCUT2D eigenvalue weighted by Crippen LogP contribution is 2.45. The van der Waals surface area contributed by atoms with Gasteiger partial charge >= 0.3 is 0 Å². The van der Waals surface area contributed by atoms with E-state index in [2.05, 4.69) is 24.9 Å². The molecule has 3 nitrogen and oxygen atoms in total. The maximum absolute atomic E-state index is 14.3. The highest BCUT2D eigenvalue weighted by atomic mass is 35.5. The summed E-state index contributed by atoms with van der Waals surface area (Å²) < 4.78 is 14.3. The summed E-state index contributed by atoms with van der Waals surface area (Å²) in [5, 5.41) is 0.369. The number of rotatable bonds is 1. The van der Waals surface area contributed by atoms with E-state index in [0.717, 1.165) is 25.2 Å². The molecule has 25 heavy (non-hydrogen) atoms. The van der Waals surface area contributed by atoms with Crippen LogP contribution in [0.1, 0.15) is 33.8 Å². The Morgan fingerprint density at radius 1 is 1.24 bits per heavy atom. The molecule has 0 saturated carbocycles. The van der Waals surface area contributed by atoms with Gasteiger partial charge in [-0.1, -0.05) is 29.3 Å². The average molecular weight is 359 g/mol. The van der Waals surface area contributed by atoms with Crippen molar-refractivity contribution in [1.29, 1.82) is 0 Å². The zero-order valence-corrected chi connectivity index (χ0v) is 15.1. The molecule has 1 fully saturated rings. The average Bonchev–Trinajstić information content (AvgIpc) is 2.89. The third-order valence-electron chi connectivity index (χ3n) is 5.33. The summed E-state index contributed by atoms with van der Waals surface area (Å²) >= 11 is 6.00. The SMILES string of the molecule is Cc1ccc2c(c1)[C@@H]1CN(C)CC[C@H]1N2C(=O)c1cc(Cl)ccc1F. The number of likely N-dealkylation sites (N-methyl/N-ethyl adjacent to an activating group) is 1. The normalized spacial score (nSPS) is 22.6. The molecule has 0 aliphatic carbocycles. The molecule has 2 aliphatic heterocycles. The highest BCUT2D eigenvalue weighted by molar-refractivity contribution is 6.31. The van der Waals surface area contributed by atoms with Gasteiger partial charge in [-0.05, 0) is 56.8 Å². The number of amides is 1. The molecule has 0 radical (unpaired) electrons. The minimum Gasteiger partial charge on any atom is -0.306 e. The van der Waals surface area contributed by atoms with E-state index in [4.69, 9.17) is 11.6 Å². The second-order valence-electron chi connectivity index (χ2n) is 7.09. The Morgan fingerprint density at radius 2 is 2.04 bits per heavy atom. The third kappa shape index (κ3) is 2.74. The molecule has 2 aromatic carbocycles. The summed E-state index contributed by atoms with van der Waals surface area (Å²) in [5.41, 5.74) is 3.31. The first-order chi connectivity index (χ1) is 12.0. The van der Waals surface area contributed by atoms with Crippen LogP contribution in [0.15, 0.2) is 36.4 Å². The Hall–Kier alpha value is -1.91. The number of hydrogen-bond acceptors (Lipinski definition) is 2. The summed E-state index contributed by atoms with van der Waals surface area (Å²) in [5.74, 6) is -0.568. The summed E-state index contributed by atoms with van der Waals surface area (Å²) in [7, 11) is 2.10. The maximum Gasteiger partial charge on any atom is 0.261 e. The minimum atomic E-state index is -0.528. The lowest BCUT2D eigenvalue weighted by Crippen LogP contribution is -2.47. The molecule has 5 heteroatoms. The van der Waals surface area contributed by atoms with E-state index < -0.39 is 5.82 Å². The first-order valence-electron chi connectivity index (χ1n) is 8.53. The standard InChI is InChI=1S/C20H20ClFN2O/c1-12-3-6-18-14(9-12)16-11-23(2)8-7-19(16)24(18)20(25)15-10-13(21)4-5-17(15)22/h3-6,9-10,16,19H,7-8,11H2,1-2H3/t16-,19+/m0/s1. The number of carbonyl (C=O) groups is 1. The lowest BCUT2D eigenvalue weighted by Gasteiger charge is -2.36. The Balaban J connectivity index is 1.81. The van der Waals surface area contributed by atoms with Gasteiger partial charge < -0.3 is 9.80 Å².